The number of rotatable bonds is 3. The van der Waals surface area contributed by atoms with Gasteiger partial charge in [-0.2, -0.15) is 0 Å². The smallest absolute Gasteiger partial charge is 0.456 e. The molecule has 1 fully saturated rings. The summed E-state index contributed by atoms with van der Waals surface area (Å²) < 4.78 is 21.4. The fraction of sp³-hybridized carbons (Fsp3) is 0.167. The van der Waals surface area contributed by atoms with Crippen molar-refractivity contribution >= 4 is 56.3 Å². The first-order chi connectivity index (χ1) is 19.8. The molecule has 3 heterocycles. The lowest BCUT2D eigenvalue weighted by molar-refractivity contribution is 0.00578. The van der Waals surface area contributed by atoms with Crippen molar-refractivity contribution in [1.29, 1.82) is 0 Å². The van der Waals surface area contributed by atoms with Crippen LogP contribution in [0.2, 0.25) is 0 Å². The minimum Gasteiger partial charge on any atom is -0.456 e. The molecule has 7 aromatic rings. The average molecular weight is 535 g/mol. The molecule has 0 unspecified atom stereocenters. The highest BCUT2D eigenvalue weighted by atomic mass is 16.7. The average Bonchev–Trinajstić information content (AvgIpc) is 3.59. The third-order valence-electron chi connectivity index (χ3n) is 9.04. The molecule has 4 nitrogen and oxygen atoms in total. The maximum Gasteiger partial charge on any atom is 0.494 e. The quantitative estimate of drug-likeness (QED) is 0.213. The van der Waals surface area contributed by atoms with Crippen LogP contribution in [-0.4, -0.2) is 22.9 Å². The Morgan fingerprint density at radius 2 is 1.27 bits per heavy atom. The number of para-hydroxylation sites is 2. The molecular weight excluding hydrogens is 505 g/mol. The summed E-state index contributed by atoms with van der Waals surface area (Å²) in [6.45, 7) is 8.38. The molecule has 2 aromatic heterocycles. The van der Waals surface area contributed by atoms with E-state index in [-0.39, 0.29) is 0 Å². The zero-order valence-electron chi connectivity index (χ0n) is 23.6. The fourth-order valence-corrected chi connectivity index (χ4v) is 6.22. The summed E-state index contributed by atoms with van der Waals surface area (Å²) in [6, 6.07) is 38.5. The molecule has 5 heteroatoms. The molecule has 1 saturated heterocycles. The molecule has 0 radical (unpaired) electrons. The molecule has 5 aromatic carbocycles. The summed E-state index contributed by atoms with van der Waals surface area (Å²) in [6.07, 6.45) is 0. The molecule has 0 bridgehead atoms. The number of furan rings is 1. The molecule has 41 heavy (non-hydrogen) atoms. The molecule has 0 N–H and O–H groups in total. The minimum atomic E-state index is -0.422. The molecule has 0 amide bonds. The summed E-state index contributed by atoms with van der Waals surface area (Å²) in [5, 5.41) is 4.70. The molecule has 0 atom stereocenters. The van der Waals surface area contributed by atoms with Gasteiger partial charge >= 0.3 is 7.12 Å². The van der Waals surface area contributed by atoms with Crippen LogP contribution in [0.1, 0.15) is 27.7 Å². The van der Waals surface area contributed by atoms with Crippen LogP contribution in [0.15, 0.2) is 114 Å². The molecule has 0 saturated carbocycles. The zero-order valence-corrected chi connectivity index (χ0v) is 23.6. The standard InChI is InChI=1S/C36H30BNO3/c1-35(2)36(3,4)41-37(40-35)24-19-20-28-27-13-5-7-16-30(27)38(31(28)22-24)25-12-9-11-23(21-25)26-15-10-18-33-34(26)29-14-6-8-17-32(29)39-33/h5-22H,1-4H3. The second-order valence-corrected chi connectivity index (χ2v) is 12.0. The third kappa shape index (κ3) is 3.63. The summed E-state index contributed by atoms with van der Waals surface area (Å²) in [4.78, 5) is 0. The van der Waals surface area contributed by atoms with Gasteiger partial charge in [0.05, 0.1) is 22.2 Å². The largest absolute Gasteiger partial charge is 0.494 e. The number of aromatic nitrogens is 1. The maximum absolute atomic E-state index is 6.42. The van der Waals surface area contributed by atoms with Gasteiger partial charge in [0.2, 0.25) is 0 Å². The van der Waals surface area contributed by atoms with Crippen LogP contribution in [0.25, 0.3) is 60.6 Å². The third-order valence-corrected chi connectivity index (χ3v) is 9.04. The van der Waals surface area contributed by atoms with Gasteiger partial charge in [-0.3, -0.25) is 0 Å². The molecule has 8 rings (SSSR count). The summed E-state index contributed by atoms with van der Waals surface area (Å²) in [5.41, 5.74) is 7.73. The van der Waals surface area contributed by atoms with E-state index in [1.807, 2.05) is 18.2 Å². The van der Waals surface area contributed by atoms with E-state index in [0.717, 1.165) is 55.2 Å². The predicted octanol–water partition coefficient (Wildman–Crippen LogP) is 8.65. The van der Waals surface area contributed by atoms with Gasteiger partial charge in [0, 0.05) is 27.2 Å². The van der Waals surface area contributed by atoms with Crippen molar-refractivity contribution in [3.8, 4) is 16.8 Å². The number of nitrogens with zero attached hydrogens (tertiary/aromatic N) is 1. The van der Waals surface area contributed by atoms with Crippen molar-refractivity contribution in [1.82, 2.24) is 4.57 Å². The van der Waals surface area contributed by atoms with E-state index in [1.165, 1.54) is 10.8 Å². The Morgan fingerprint density at radius 1 is 0.585 bits per heavy atom. The van der Waals surface area contributed by atoms with Crippen LogP contribution in [0, 0.1) is 0 Å². The van der Waals surface area contributed by atoms with Gasteiger partial charge in [-0.15, -0.1) is 0 Å². The maximum atomic E-state index is 6.42. The monoisotopic (exact) mass is 535 g/mol. The van der Waals surface area contributed by atoms with E-state index < -0.39 is 18.3 Å². The van der Waals surface area contributed by atoms with Gasteiger partial charge in [-0.05, 0) is 80.7 Å². The highest BCUT2D eigenvalue weighted by molar-refractivity contribution is 6.62. The number of fused-ring (bicyclic) bond motifs is 6. The number of benzene rings is 5. The van der Waals surface area contributed by atoms with E-state index >= 15 is 0 Å². The molecule has 0 aliphatic carbocycles. The van der Waals surface area contributed by atoms with Crippen molar-refractivity contribution in [3.05, 3.63) is 109 Å². The highest BCUT2D eigenvalue weighted by Crippen LogP contribution is 2.39. The molecule has 1 aliphatic rings. The van der Waals surface area contributed by atoms with E-state index in [2.05, 4.69) is 123 Å². The van der Waals surface area contributed by atoms with Gasteiger partial charge in [-0.1, -0.05) is 72.8 Å². The van der Waals surface area contributed by atoms with Gasteiger partial charge < -0.3 is 18.3 Å². The fourth-order valence-electron chi connectivity index (χ4n) is 6.22. The minimum absolute atomic E-state index is 0.397. The van der Waals surface area contributed by atoms with Crippen molar-refractivity contribution in [2.45, 2.75) is 38.9 Å². The van der Waals surface area contributed by atoms with E-state index in [9.17, 15) is 0 Å². The number of hydrogen-bond donors (Lipinski definition) is 0. The zero-order chi connectivity index (χ0) is 27.9. The van der Waals surface area contributed by atoms with Crippen molar-refractivity contribution in [3.63, 3.8) is 0 Å². The Morgan fingerprint density at radius 3 is 2.10 bits per heavy atom. The normalized spacial score (nSPS) is 16.4. The topological polar surface area (TPSA) is 36.5 Å². The van der Waals surface area contributed by atoms with Crippen molar-refractivity contribution < 1.29 is 13.7 Å². The van der Waals surface area contributed by atoms with Crippen LogP contribution in [0.5, 0.6) is 0 Å². The van der Waals surface area contributed by atoms with Crippen LogP contribution in [-0.2, 0) is 9.31 Å². The SMILES string of the molecule is CC1(C)OB(c2ccc3c4ccccc4n(-c4cccc(-c5cccc6oc7ccccc7c56)c4)c3c2)OC1(C)C. The first kappa shape index (κ1) is 24.5. The lowest BCUT2D eigenvalue weighted by Crippen LogP contribution is -2.41. The van der Waals surface area contributed by atoms with Gasteiger partial charge in [0.15, 0.2) is 0 Å². The van der Waals surface area contributed by atoms with Crippen LogP contribution >= 0.6 is 0 Å². The summed E-state index contributed by atoms with van der Waals surface area (Å²) in [5.74, 6) is 0. The molecule has 0 spiro atoms. The van der Waals surface area contributed by atoms with Crippen molar-refractivity contribution in [2.24, 2.45) is 0 Å². The Hall–Kier alpha value is -4.32. The second kappa shape index (κ2) is 8.59. The highest BCUT2D eigenvalue weighted by Gasteiger charge is 2.51. The van der Waals surface area contributed by atoms with E-state index in [0.29, 0.717) is 0 Å². The van der Waals surface area contributed by atoms with Crippen LogP contribution in [0.4, 0.5) is 0 Å². The Kier molecular flexibility index (Phi) is 5.13. The summed E-state index contributed by atoms with van der Waals surface area (Å²) in [7, 11) is -0.422. The number of hydrogen-bond acceptors (Lipinski definition) is 3. The molecule has 1 aliphatic heterocycles. The first-order valence-corrected chi connectivity index (χ1v) is 14.2. The lowest BCUT2D eigenvalue weighted by Gasteiger charge is -2.32. The molecular formula is C36H30BNO3. The van der Waals surface area contributed by atoms with Crippen LogP contribution < -0.4 is 5.46 Å². The van der Waals surface area contributed by atoms with Gasteiger partial charge in [0.25, 0.3) is 0 Å². The summed E-state index contributed by atoms with van der Waals surface area (Å²) >= 11 is 0. The van der Waals surface area contributed by atoms with E-state index in [4.69, 9.17) is 13.7 Å². The van der Waals surface area contributed by atoms with Crippen LogP contribution in [0.3, 0.4) is 0 Å². The van der Waals surface area contributed by atoms with Gasteiger partial charge in [0.1, 0.15) is 11.2 Å². The Bertz CT molecular complexity index is 2120. The Labute approximate surface area is 239 Å². The predicted molar refractivity (Wildman–Crippen MR) is 169 cm³/mol. The van der Waals surface area contributed by atoms with Gasteiger partial charge in [-0.25, -0.2) is 0 Å². The second-order valence-electron chi connectivity index (χ2n) is 12.0. The first-order valence-electron chi connectivity index (χ1n) is 14.2. The Balaban J connectivity index is 1.33. The lowest BCUT2D eigenvalue weighted by atomic mass is 9.79. The van der Waals surface area contributed by atoms with E-state index in [1.54, 1.807) is 0 Å². The van der Waals surface area contributed by atoms with Crippen molar-refractivity contribution in [2.75, 3.05) is 0 Å². The molecule has 200 valence electrons.